The predicted octanol–water partition coefficient (Wildman–Crippen LogP) is 5.18. The minimum atomic E-state index is -4.44. The van der Waals surface area contributed by atoms with E-state index in [1.807, 2.05) is 13.8 Å². The van der Waals surface area contributed by atoms with Gasteiger partial charge in [-0.05, 0) is 53.4 Å². The lowest BCUT2D eigenvalue weighted by atomic mass is 9.94. The summed E-state index contributed by atoms with van der Waals surface area (Å²) >= 11 is 0. The number of rotatable bonds is 8. The van der Waals surface area contributed by atoms with E-state index in [1.54, 1.807) is 24.0 Å². The maximum atomic E-state index is 13.4. The molecule has 206 valence electrons. The highest BCUT2D eigenvalue weighted by Gasteiger charge is 2.39. The van der Waals surface area contributed by atoms with Crippen molar-refractivity contribution in [3.05, 3.63) is 94.3 Å². The molecule has 2 aromatic carbocycles. The average Bonchev–Trinajstić information content (AvgIpc) is 3.18. The topological polar surface area (TPSA) is 96.4 Å². The summed E-state index contributed by atoms with van der Waals surface area (Å²) in [5.41, 5.74) is 1.69. The van der Waals surface area contributed by atoms with Gasteiger partial charge >= 0.3 is 6.18 Å². The van der Waals surface area contributed by atoms with Gasteiger partial charge in [-0.2, -0.15) is 13.2 Å². The monoisotopic (exact) mass is 559 g/mol. The number of nitrogens with one attached hydrogen (secondary N) is 1. The number of pyridine rings is 1. The minimum Gasteiger partial charge on any atom is -0.346 e. The number of alkyl halides is 3. The first-order valence-corrected chi connectivity index (χ1v) is 14.0. The lowest BCUT2D eigenvalue weighted by Crippen LogP contribution is -2.30. The van der Waals surface area contributed by atoms with Crippen LogP contribution in [0.2, 0.25) is 0 Å². The van der Waals surface area contributed by atoms with Crippen LogP contribution in [0.4, 0.5) is 13.2 Å². The summed E-state index contributed by atoms with van der Waals surface area (Å²) in [5.74, 6) is -0.746. The van der Waals surface area contributed by atoms with Crippen molar-refractivity contribution in [3.63, 3.8) is 0 Å². The molecule has 39 heavy (non-hydrogen) atoms. The van der Waals surface area contributed by atoms with E-state index < -0.39 is 27.5 Å². The van der Waals surface area contributed by atoms with E-state index in [9.17, 15) is 31.2 Å². The number of aromatic nitrogens is 1. The molecule has 0 bridgehead atoms. The second-order valence-electron chi connectivity index (χ2n) is 9.69. The van der Waals surface area contributed by atoms with Gasteiger partial charge in [-0.15, -0.1) is 0 Å². The van der Waals surface area contributed by atoms with Gasteiger partial charge in [-0.25, -0.2) is 8.42 Å². The molecule has 1 N–H and O–H groups in total. The van der Waals surface area contributed by atoms with Crippen molar-refractivity contribution in [1.82, 2.24) is 15.2 Å². The Morgan fingerprint density at radius 2 is 1.77 bits per heavy atom. The fourth-order valence-corrected chi connectivity index (χ4v) is 5.44. The summed E-state index contributed by atoms with van der Waals surface area (Å²) in [4.78, 5) is 32.1. The molecule has 4 rings (SSSR count). The van der Waals surface area contributed by atoms with Gasteiger partial charge in [0.1, 0.15) is 0 Å². The Labute approximate surface area is 225 Å². The molecule has 1 aliphatic heterocycles. The summed E-state index contributed by atoms with van der Waals surface area (Å²) in [6.07, 6.45) is -3.18. The molecule has 1 aliphatic rings. The van der Waals surface area contributed by atoms with Crippen molar-refractivity contribution >= 4 is 21.7 Å². The Morgan fingerprint density at radius 3 is 2.33 bits per heavy atom. The predicted molar refractivity (Wildman–Crippen MR) is 138 cm³/mol. The van der Waals surface area contributed by atoms with Crippen molar-refractivity contribution in [2.75, 3.05) is 5.75 Å². The van der Waals surface area contributed by atoms with Crippen LogP contribution in [0.3, 0.4) is 0 Å². The molecule has 1 aromatic heterocycles. The van der Waals surface area contributed by atoms with Crippen molar-refractivity contribution in [2.45, 2.75) is 51.0 Å². The second kappa shape index (κ2) is 10.8. The lowest BCUT2D eigenvalue weighted by molar-refractivity contribution is -0.137. The highest BCUT2D eigenvalue weighted by molar-refractivity contribution is 7.91. The van der Waals surface area contributed by atoms with E-state index in [2.05, 4.69) is 10.3 Å². The molecule has 2 heterocycles. The Hall–Kier alpha value is -3.73. The third-order valence-corrected chi connectivity index (χ3v) is 8.41. The third-order valence-electron chi connectivity index (χ3n) is 6.69. The largest absolute Gasteiger partial charge is 0.416 e. The fourth-order valence-electron chi connectivity index (χ4n) is 4.61. The van der Waals surface area contributed by atoms with Crippen LogP contribution < -0.4 is 5.32 Å². The van der Waals surface area contributed by atoms with Gasteiger partial charge in [0.15, 0.2) is 9.84 Å². The number of carbonyl (C=O) groups is 2. The van der Waals surface area contributed by atoms with Crippen LogP contribution in [0, 0.1) is 5.92 Å². The summed E-state index contributed by atoms with van der Waals surface area (Å²) in [6, 6.07) is 12.3. The molecule has 7 nitrogen and oxygen atoms in total. The Morgan fingerprint density at radius 1 is 1.08 bits per heavy atom. The van der Waals surface area contributed by atoms with Crippen LogP contribution in [-0.4, -0.2) is 35.9 Å². The van der Waals surface area contributed by atoms with Crippen molar-refractivity contribution < 1.29 is 31.2 Å². The van der Waals surface area contributed by atoms with Crippen molar-refractivity contribution in [3.8, 4) is 0 Å². The van der Waals surface area contributed by atoms with Gasteiger partial charge < -0.3 is 10.2 Å². The van der Waals surface area contributed by atoms with E-state index in [-0.39, 0.29) is 47.2 Å². The number of benzene rings is 2. The number of hydrogen-bond acceptors (Lipinski definition) is 5. The van der Waals surface area contributed by atoms with Crippen LogP contribution in [0.15, 0.2) is 65.7 Å². The van der Waals surface area contributed by atoms with Crippen molar-refractivity contribution in [1.29, 1.82) is 0 Å². The summed E-state index contributed by atoms with van der Waals surface area (Å²) < 4.78 is 62.7. The maximum Gasteiger partial charge on any atom is 0.416 e. The zero-order chi connectivity index (χ0) is 28.5. The summed E-state index contributed by atoms with van der Waals surface area (Å²) in [6.45, 7) is 5.65. The summed E-state index contributed by atoms with van der Waals surface area (Å²) in [7, 11) is -3.37. The van der Waals surface area contributed by atoms with E-state index in [0.29, 0.717) is 16.8 Å². The molecule has 0 saturated carbocycles. The van der Waals surface area contributed by atoms with Crippen LogP contribution in [-0.2, 0) is 29.1 Å². The summed E-state index contributed by atoms with van der Waals surface area (Å²) in [5, 5.41) is 2.73. The molecular weight excluding hydrogens is 531 g/mol. The van der Waals surface area contributed by atoms with E-state index in [1.165, 1.54) is 36.5 Å². The molecule has 0 fully saturated rings. The fraction of sp³-hybridized carbons (Fsp3) is 0.321. The molecule has 0 aliphatic carbocycles. The number of amides is 2. The molecule has 2 amide bonds. The van der Waals surface area contributed by atoms with Gasteiger partial charge in [0.05, 0.1) is 34.5 Å². The SMILES string of the molecule is CCS(=O)(=O)c1ccc(CNC(=O)c2ccc3c(c2)C(=O)N(Cc2ccc(C(F)(F)F)cc2)C3C(C)C)nc1. The Balaban J connectivity index is 1.49. The number of sulfone groups is 1. The van der Waals surface area contributed by atoms with Gasteiger partial charge in [0.2, 0.25) is 0 Å². The zero-order valence-corrected chi connectivity index (χ0v) is 22.4. The molecule has 11 heteroatoms. The molecular formula is C28H28F3N3O4S. The standard InChI is InChI=1S/C28H28F3N3O4S/c1-4-39(37,38)22-11-10-21(32-15-22)14-33-26(35)19-7-12-23-24(13-19)27(36)34(25(23)17(2)3)16-18-5-8-20(9-6-18)28(29,30)31/h5-13,15,17,25H,4,14,16H2,1-3H3,(H,33,35). The molecule has 0 radical (unpaired) electrons. The molecule has 1 unspecified atom stereocenters. The van der Waals surface area contributed by atoms with E-state index >= 15 is 0 Å². The van der Waals surface area contributed by atoms with Crippen molar-refractivity contribution in [2.24, 2.45) is 5.92 Å². The van der Waals surface area contributed by atoms with Crippen LogP contribution in [0.1, 0.15) is 69.9 Å². The first-order valence-electron chi connectivity index (χ1n) is 12.4. The molecule has 3 aromatic rings. The Bertz CT molecular complexity index is 1490. The number of halogens is 3. The smallest absolute Gasteiger partial charge is 0.346 e. The van der Waals surface area contributed by atoms with Gasteiger partial charge in [0, 0.05) is 23.9 Å². The first kappa shape index (κ1) is 28.3. The molecule has 0 spiro atoms. The number of carbonyl (C=O) groups excluding carboxylic acids is 2. The maximum absolute atomic E-state index is 13.4. The third kappa shape index (κ3) is 5.98. The molecule has 0 saturated heterocycles. The minimum absolute atomic E-state index is 0.0230. The van der Waals surface area contributed by atoms with Gasteiger partial charge in [-0.3, -0.25) is 14.6 Å². The quantitative estimate of drug-likeness (QED) is 0.411. The average molecular weight is 560 g/mol. The highest BCUT2D eigenvalue weighted by Crippen LogP contribution is 2.40. The normalized spacial score (nSPS) is 15.5. The number of hydrogen-bond donors (Lipinski definition) is 1. The van der Waals surface area contributed by atoms with Crippen LogP contribution in [0.25, 0.3) is 0 Å². The number of nitrogens with zero attached hydrogens (tertiary/aromatic N) is 2. The van der Waals surface area contributed by atoms with Crippen LogP contribution >= 0.6 is 0 Å². The van der Waals surface area contributed by atoms with Crippen LogP contribution in [0.5, 0.6) is 0 Å². The van der Waals surface area contributed by atoms with E-state index in [0.717, 1.165) is 17.7 Å². The Kier molecular flexibility index (Phi) is 7.83. The zero-order valence-electron chi connectivity index (χ0n) is 21.6. The van der Waals surface area contributed by atoms with Gasteiger partial charge in [-0.1, -0.05) is 39.0 Å². The lowest BCUT2D eigenvalue weighted by Gasteiger charge is -2.28. The molecule has 1 atom stereocenters. The second-order valence-corrected chi connectivity index (χ2v) is 12.0. The first-order chi connectivity index (χ1) is 18.3. The highest BCUT2D eigenvalue weighted by atomic mass is 32.2. The van der Waals surface area contributed by atoms with Gasteiger partial charge in [0.25, 0.3) is 11.8 Å². The number of fused-ring (bicyclic) bond motifs is 1. The van der Waals surface area contributed by atoms with E-state index in [4.69, 9.17) is 0 Å².